The monoisotopic (exact) mass is 283 g/mol. The molecule has 0 unspecified atom stereocenters. The second kappa shape index (κ2) is 7.27. The van der Waals surface area contributed by atoms with Crippen LogP contribution in [0, 0.1) is 0 Å². The van der Waals surface area contributed by atoms with Gasteiger partial charge in [0.05, 0.1) is 14.2 Å². The third kappa shape index (κ3) is 4.38. The van der Waals surface area contributed by atoms with Crippen molar-refractivity contribution >= 4 is 17.8 Å². The molecule has 1 N–H and O–H groups in total. The molecule has 0 aliphatic heterocycles. The lowest BCUT2D eigenvalue weighted by Gasteiger charge is -2.21. The van der Waals surface area contributed by atoms with Crippen molar-refractivity contribution in [2.24, 2.45) is 0 Å². The smallest absolute Gasteiger partial charge is 0.325 e. The summed E-state index contributed by atoms with van der Waals surface area (Å²) in [6, 6.07) is 1.21. The number of aromatic amines is 1. The molecule has 0 aromatic carbocycles. The largest absolute Gasteiger partial charge is 0.468 e. The maximum atomic E-state index is 11.5. The number of rotatable bonds is 6. The summed E-state index contributed by atoms with van der Waals surface area (Å²) in [5.74, 6) is -0.406. The van der Waals surface area contributed by atoms with Gasteiger partial charge in [0.25, 0.3) is 5.56 Å². The van der Waals surface area contributed by atoms with Crippen LogP contribution in [0.1, 0.15) is 12.7 Å². The van der Waals surface area contributed by atoms with Crippen molar-refractivity contribution in [3.63, 3.8) is 0 Å². The molecule has 0 aliphatic carbocycles. The summed E-state index contributed by atoms with van der Waals surface area (Å²) in [7, 11) is 2.47. The van der Waals surface area contributed by atoms with E-state index < -0.39 is 11.9 Å². The molecule has 0 atom stereocenters. The van der Waals surface area contributed by atoms with E-state index in [0.29, 0.717) is 12.2 Å². The van der Waals surface area contributed by atoms with Gasteiger partial charge in [-0.1, -0.05) is 6.92 Å². The summed E-state index contributed by atoms with van der Waals surface area (Å²) < 4.78 is 9.12. The zero-order valence-electron chi connectivity index (χ0n) is 11.6. The number of carbonyl (C=O) groups excluding carboxylic acids is 2. The van der Waals surface area contributed by atoms with Crippen LogP contribution in [0.15, 0.2) is 10.9 Å². The van der Waals surface area contributed by atoms with Crippen molar-refractivity contribution in [1.29, 1.82) is 0 Å². The Morgan fingerprint density at radius 3 is 2.25 bits per heavy atom. The number of esters is 2. The Morgan fingerprint density at radius 2 is 1.80 bits per heavy atom. The topological polar surface area (TPSA) is 102 Å². The molecule has 0 amide bonds. The van der Waals surface area contributed by atoms with Gasteiger partial charge < -0.3 is 19.4 Å². The van der Waals surface area contributed by atoms with E-state index in [4.69, 9.17) is 0 Å². The van der Waals surface area contributed by atoms with E-state index in [2.05, 4.69) is 19.4 Å². The van der Waals surface area contributed by atoms with Gasteiger partial charge in [-0.2, -0.15) is 0 Å². The molecular weight excluding hydrogens is 266 g/mol. The number of ether oxygens (including phenoxy) is 2. The van der Waals surface area contributed by atoms with E-state index in [9.17, 15) is 14.4 Å². The number of H-pyrrole nitrogens is 1. The summed E-state index contributed by atoms with van der Waals surface area (Å²) in [6.45, 7) is 1.42. The highest BCUT2D eigenvalue weighted by Gasteiger charge is 2.18. The molecule has 1 rings (SSSR count). The number of hydrogen-bond donors (Lipinski definition) is 1. The molecule has 110 valence electrons. The molecule has 0 bridgehead atoms. The summed E-state index contributed by atoms with van der Waals surface area (Å²) in [5.41, 5.74) is -0.355. The summed E-state index contributed by atoms with van der Waals surface area (Å²) in [5, 5.41) is 0. The number of aryl methyl sites for hydroxylation is 1. The highest BCUT2D eigenvalue weighted by molar-refractivity contribution is 5.80. The van der Waals surface area contributed by atoms with Crippen LogP contribution < -0.4 is 10.5 Å². The minimum atomic E-state index is -0.547. The quantitative estimate of drug-likeness (QED) is 0.701. The number of anilines is 1. The highest BCUT2D eigenvalue weighted by atomic mass is 16.5. The molecule has 20 heavy (non-hydrogen) atoms. The molecule has 0 aliphatic rings. The van der Waals surface area contributed by atoms with Gasteiger partial charge in [-0.15, -0.1) is 0 Å². The van der Waals surface area contributed by atoms with E-state index in [1.807, 2.05) is 6.92 Å². The predicted octanol–water partition coefficient (Wildman–Crippen LogP) is -0.515. The normalized spacial score (nSPS) is 9.95. The Bertz CT molecular complexity index is 522. The Balaban J connectivity index is 3.08. The lowest BCUT2D eigenvalue weighted by Crippen LogP contribution is -2.37. The van der Waals surface area contributed by atoms with Crippen LogP contribution in [0.25, 0.3) is 0 Å². The number of hydrogen-bond acceptors (Lipinski definition) is 7. The molecule has 8 heteroatoms. The van der Waals surface area contributed by atoms with Crippen molar-refractivity contribution in [3.05, 3.63) is 22.2 Å². The van der Waals surface area contributed by atoms with Crippen molar-refractivity contribution in [1.82, 2.24) is 9.97 Å². The summed E-state index contributed by atoms with van der Waals surface area (Å²) in [4.78, 5) is 42.3. The van der Waals surface area contributed by atoms with E-state index in [0.717, 1.165) is 0 Å². The molecule has 1 aromatic rings. The number of aromatic nitrogens is 2. The van der Waals surface area contributed by atoms with E-state index in [1.54, 1.807) is 0 Å². The van der Waals surface area contributed by atoms with Crippen molar-refractivity contribution in [2.45, 2.75) is 13.3 Å². The SMILES string of the molecule is CCc1nc(N(CC(=O)OC)CC(=O)OC)cc(=O)[nH]1. The van der Waals surface area contributed by atoms with Gasteiger partial charge in [0, 0.05) is 12.5 Å². The standard InChI is InChI=1S/C12H17N3O5/c1-4-8-13-9(5-10(16)14-8)15(6-11(17)19-2)7-12(18)20-3/h5H,4,6-7H2,1-3H3,(H,13,14,16). The van der Waals surface area contributed by atoms with Crippen LogP contribution in [0.5, 0.6) is 0 Å². The minimum absolute atomic E-state index is 0.203. The lowest BCUT2D eigenvalue weighted by molar-refractivity contribution is -0.140. The summed E-state index contributed by atoms with van der Waals surface area (Å²) in [6.07, 6.45) is 0.521. The van der Waals surface area contributed by atoms with Crippen LogP contribution in [-0.4, -0.2) is 49.2 Å². The highest BCUT2D eigenvalue weighted by Crippen LogP contribution is 2.08. The van der Waals surface area contributed by atoms with Crippen LogP contribution in [0.3, 0.4) is 0 Å². The van der Waals surface area contributed by atoms with Gasteiger partial charge in [-0.3, -0.25) is 14.4 Å². The first-order chi connectivity index (χ1) is 9.49. The van der Waals surface area contributed by atoms with Crippen LogP contribution in [-0.2, 0) is 25.5 Å². The number of methoxy groups -OCH3 is 2. The zero-order chi connectivity index (χ0) is 15.1. The minimum Gasteiger partial charge on any atom is -0.468 e. The Kier molecular flexibility index (Phi) is 5.70. The molecule has 1 heterocycles. The lowest BCUT2D eigenvalue weighted by atomic mass is 10.4. The number of nitrogens with one attached hydrogen (secondary N) is 1. The van der Waals surface area contributed by atoms with Gasteiger partial charge >= 0.3 is 11.9 Å². The molecule has 0 radical (unpaired) electrons. The first kappa shape index (κ1) is 15.7. The van der Waals surface area contributed by atoms with Crippen LogP contribution in [0.4, 0.5) is 5.82 Å². The maximum absolute atomic E-state index is 11.5. The first-order valence-corrected chi connectivity index (χ1v) is 5.99. The predicted molar refractivity (Wildman–Crippen MR) is 70.5 cm³/mol. The molecule has 8 nitrogen and oxygen atoms in total. The first-order valence-electron chi connectivity index (χ1n) is 5.99. The molecule has 1 aromatic heterocycles. The second-order valence-corrected chi connectivity index (χ2v) is 3.91. The average molecular weight is 283 g/mol. The van der Waals surface area contributed by atoms with Gasteiger partial charge in [0.2, 0.25) is 0 Å². The number of nitrogens with zero attached hydrogens (tertiary/aromatic N) is 2. The molecule has 0 fully saturated rings. The van der Waals surface area contributed by atoms with Gasteiger partial charge in [0.1, 0.15) is 24.7 Å². The summed E-state index contributed by atoms with van der Waals surface area (Å²) >= 11 is 0. The fourth-order valence-electron chi connectivity index (χ4n) is 1.48. The Morgan fingerprint density at radius 1 is 1.25 bits per heavy atom. The van der Waals surface area contributed by atoms with E-state index in [1.165, 1.54) is 25.2 Å². The van der Waals surface area contributed by atoms with E-state index >= 15 is 0 Å². The molecular formula is C12H17N3O5. The fraction of sp³-hybridized carbons (Fsp3) is 0.500. The Hall–Kier alpha value is -2.38. The van der Waals surface area contributed by atoms with Crippen molar-refractivity contribution in [3.8, 4) is 0 Å². The van der Waals surface area contributed by atoms with Crippen LogP contribution >= 0.6 is 0 Å². The van der Waals surface area contributed by atoms with E-state index in [-0.39, 0.29) is 24.5 Å². The number of carbonyl (C=O) groups is 2. The van der Waals surface area contributed by atoms with Gasteiger partial charge in [-0.05, 0) is 0 Å². The maximum Gasteiger partial charge on any atom is 0.325 e. The van der Waals surface area contributed by atoms with Crippen molar-refractivity contribution in [2.75, 3.05) is 32.2 Å². The van der Waals surface area contributed by atoms with Gasteiger partial charge in [0.15, 0.2) is 0 Å². The van der Waals surface area contributed by atoms with Crippen LogP contribution in [0.2, 0.25) is 0 Å². The molecule has 0 saturated carbocycles. The van der Waals surface area contributed by atoms with Crippen molar-refractivity contribution < 1.29 is 19.1 Å². The van der Waals surface area contributed by atoms with Gasteiger partial charge in [-0.25, -0.2) is 4.98 Å². The molecule has 0 spiro atoms. The second-order valence-electron chi connectivity index (χ2n) is 3.91. The Labute approximate surface area is 115 Å². The zero-order valence-corrected chi connectivity index (χ0v) is 11.6. The third-order valence-corrected chi connectivity index (χ3v) is 2.53. The molecule has 0 saturated heterocycles. The third-order valence-electron chi connectivity index (χ3n) is 2.53. The average Bonchev–Trinajstić information content (AvgIpc) is 2.45. The fourth-order valence-corrected chi connectivity index (χ4v) is 1.48.